The van der Waals surface area contributed by atoms with Crippen LogP contribution in [0.15, 0.2) is 53.3 Å². The molecule has 1 aromatic carbocycles. The summed E-state index contributed by atoms with van der Waals surface area (Å²) in [5.74, 6) is 1.47. The molecule has 1 atom stereocenters. The third-order valence-corrected chi connectivity index (χ3v) is 4.87. The van der Waals surface area contributed by atoms with E-state index in [1.54, 1.807) is 16.9 Å². The quantitative estimate of drug-likeness (QED) is 0.513. The number of para-hydroxylation sites is 1. The van der Waals surface area contributed by atoms with Crippen LogP contribution in [0.4, 0.5) is 0 Å². The van der Waals surface area contributed by atoms with Gasteiger partial charge in [-0.2, -0.15) is 9.61 Å². The van der Waals surface area contributed by atoms with Crippen LogP contribution in [0.25, 0.3) is 16.3 Å². The van der Waals surface area contributed by atoms with Gasteiger partial charge < -0.3 is 4.74 Å². The van der Waals surface area contributed by atoms with Crippen molar-refractivity contribution in [2.24, 2.45) is 0 Å². The largest absolute Gasteiger partial charge is 0.483 e. The van der Waals surface area contributed by atoms with Crippen molar-refractivity contribution in [3.05, 3.63) is 58.3 Å². The van der Waals surface area contributed by atoms with E-state index in [1.165, 1.54) is 11.3 Å². The minimum atomic E-state index is -0.174. The molecule has 120 valence electrons. The molecule has 0 unspecified atom stereocenters. The highest BCUT2D eigenvalue weighted by Gasteiger charge is 2.18. The topological polar surface area (TPSA) is 65.2 Å². The minimum Gasteiger partial charge on any atom is -0.483 e. The highest BCUT2D eigenvalue weighted by Crippen LogP contribution is 2.28. The van der Waals surface area contributed by atoms with Crippen molar-refractivity contribution >= 4 is 32.2 Å². The number of hydrogen-bond acceptors (Lipinski definition) is 6. The molecule has 0 bridgehead atoms. The van der Waals surface area contributed by atoms with Gasteiger partial charge >= 0.3 is 0 Å². The van der Waals surface area contributed by atoms with Crippen molar-refractivity contribution in [3.8, 4) is 17.1 Å². The molecule has 4 aromatic rings. The van der Waals surface area contributed by atoms with Crippen LogP contribution in [0, 0.1) is 0 Å². The van der Waals surface area contributed by atoms with Crippen molar-refractivity contribution < 1.29 is 4.74 Å². The average molecular weight is 402 g/mol. The van der Waals surface area contributed by atoms with Gasteiger partial charge in [-0.3, -0.25) is 4.98 Å². The van der Waals surface area contributed by atoms with E-state index in [0.29, 0.717) is 5.82 Å². The van der Waals surface area contributed by atoms with Gasteiger partial charge in [-0.15, -0.1) is 10.2 Å². The van der Waals surface area contributed by atoms with Gasteiger partial charge in [-0.25, -0.2) is 0 Å². The Morgan fingerprint density at radius 1 is 1.17 bits per heavy atom. The minimum absolute atomic E-state index is 0.174. The zero-order chi connectivity index (χ0) is 16.5. The van der Waals surface area contributed by atoms with Crippen LogP contribution < -0.4 is 4.74 Å². The number of benzene rings is 1. The summed E-state index contributed by atoms with van der Waals surface area (Å²) in [5, 5.41) is 13.9. The summed E-state index contributed by atoms with van der Waals surface area (Å²) in [6, 6.07) is 11.6. The van der Waals surface area contributed by atoms with Gasteiger partial charge in [0.15, 0.2) is 10.8 Å². The lowest BCUT2D eigenvalue weighted by Crippen LogP contribution is -2.03. The van der Waals surface area contributed by atoms with Crippen LogP contribution in [0.5, 0.6) is 5.75 Å². The van der Waals surface area contributed by atoms with Crippen molar-refractivity contribution in [1.82, 2.24) is 24.8 Å². The van der Waals surface area contributed by atoms with Crippen LogP contribution >= 0.6 is 27.3 Å². The fourth-order valence-corrected chi connectivity index (χ4v) is 3.45. The molecular formula is C16H12BrN5OS. The maximum absolute atomic E-state index is 5.93. The third-order valence-electron chi connectivity index (χ3n) is 3.37. The first-order valence-electron chi connectivity index (χ1n) is 7.25. The molecule has 3 heterocycles. The van der Waals surface area contributed by atoms with E-state index in [2.05, 4.69) is 36.2 Å². The summed E-state index contributed by atoms with van der Waals surface area (Å²) in [6.45, 7) is 1.97. The number of nitrogens with zero attached hydrogens (tertiary/aromatic N) is 5. The van der Waals surface area contributed by atoms with Gasteiger partial charge in [0.1, 0.15) is 11.9 Å². The SMILES string of the molecule is C[C@@H](Oc1ccccc1)c1nn2c(-c3cncc(Br)c3)nnc2s1. The van der Waals surface area contributed by atoms with Crippen LogP contribution in [-0.4, -0.2) is 24.8 Å². The molecule has 0 radical (unpaired) electrons. The lowest BCUT2D eigenvalue weighted by atomic mass is 10.3. The van der Waals surface area contributed by atoms with E-state index in [1.807, 2.05) is 43.3 Å². The maximum atomic E-state index is 5.93. The molecule has 4 rings (SSSR count). The normalized spacial score (nSPS) is 12.4. The van der Waals surface area contributed by atoms with Gasteiger partial charge in [0.2, 0.25) is 4.96 Å². The molecular weight excluding hydrogens is 390 g/mol. The maximum Gasteiger partial charge on any atom is 0.235 e. The van der Waals surface area contributed by atoms with E-state index in [0.717, 1.165) is 25.8 Å². The van der Waals surface area contributed by atoms with E-state index in [9.17, 15) is 0 Å². The summed E-state index contributed by atoms with van der Waals surface area (Å²) in [4.78, 5) is 4.89. The molecule has 0 N–H and O–H groups in total. The average Bonchev–Trinajstić information content (AvgIpc) is 3.16. The number of pyridine rings is 1. The monoisotopic (exact) mass is 401 g/mol. The van der Waals surface area contributed by atoms with Gasteiger partial charge in [-0.1, -0.05) is 29.5 Å². The van der Waals surface area contributed by atoms with Gasteiger partial charge in [0.05, 0.1) is 0 Å². The molecule has 0 aliphatic rings. The Bertz CT molecular complexity index is 984. The standard InChI is InChI=1S/C16H12BrN5OS/c1-10(23-13-5-3-2-4-6-13)15-21-22-14(19-20-16(22)24-15)11-7-12(17)9-18-8-11/h2-10H,1H3/t10-/m1/s1. The number of halogens is 1. The van der Waals surface area contributed by atoms with Gasteiger partial charge in [0, 0.05) is 22.4 Å². The number of fused-ring (bicyclic) bond motifs is 1. The Morgan fingerprint density at radius 3 is 2.79 bits per heavy atom. The van der Waals surface area contributed by atoms with Crippen LogP contribution in [-0.2, 0) is 0 Å². The van der Waals surface area contributed by atoms with Crippen molar-refractivity contribution in [3.63, 3.8) is 0 Å². The molecule has 6 nitrogen and oxygen atoms in total. The Labute approximate surface area is 150 Å². The van der Waals surface area contributed by atoms with E-state index >= 15 is 0 Å². The summed E-state index contributed by atoms with van der Waals surface area (Å²) < 4.78 is 8.54. The lowest BCUT2D eigenvalue weighted by Gasteiger charge is -2.11. The predicted octanol–water partition coefficient (Wildman–Crippen LogP) is 4.15. The second-order valence-corrected chi connectivity index (χ2v) is 7.03. The van der Waals surface area contributed by atoms with E-state index in [-0.39, 0.29) is 6.10 Å². The second-order valence-electron chi connectivity index (χ2n) is 5.12. The molecule has 8 heteroatoms. The Kier molecular flexibility index (Phi) is 3.99. The van der Waals surface area contributed by atoms with Crippen LogP contribution in [0.2, 0.25) is 0 Å². The lowest BCUT2D eigenvalue weighted by molar-refractivity contribution is 0.225. The van der Waals surface area contributed by atoms with E-state index in [4.69, 9.17) is 4.74 Å². The number of hydrogen-bond donors (Lipinski definition) is 0. The zero-order valence-electron chi connectivity index (χ0n) is 12.6. The molecule has 0 aliphatic heterocycles. The molecule has 0 amide bonds. The fraction of sp³-hybridized carbons (Fsp3) is 0.125. The van der Waals surface area contributed by atoms with E-state index < -0.39 is 0 Å². The molecule has 0 spiro atoms. The number of rotatable bonds is 4. The van der Waals surface area contributed by atoms with Crippen LogP contribution in [0.3, 0.4) is 0 Å². The summed E-state index contributed by atoms with van der Waals surface area (Å²) in [7, 11) is 0. The first-order valence-corrected chi connectivity index (χ1v) is 8.86. The van der Waals surface area contributed by atoms with Crippen LogP contribution in [0.1, 0.15) is 18.0 Å². The fourth-order valence-electron chi connectivity index (χ4n) is 2.26. The number of aromatic nitrogens is 5. The van der Waals surface area contributed by atoms with Crippen molar-refractivity contribution in [1.29, 1.82) is 0 Å². The Balaban J connectivity index is 1.67. The van der Waals surface area contributed by atoms with Gasteiger partial charge in [-0.05, 0) is 41.1 Å². The summed E-state index contributed by atoms with van der Waals surface area (Å²) in [5.41, 5.74) is 0.852. The summed E-state index contributed by atoms with van der Waals surface area (Å²) >= 11 is 4.88. The predicted molar refractivity (Wildman–Crippen MR) is 95.1 cm³/mol. The second kappa shape index (κ2) is 6.29. The molecule has 0 saturated heterocycles. The van der Waals surface area contributed by atoms with Gasteiger partial charge in [0.25, 0.3) is 0 Å². The summed E-state index contributed by atoms with van der Waals surface area (Å²) in [6.07, 6.45) is 3.29. The smallest absolute Gasteiger partial charge is 0.235 e. The first kappa shape index (κ1) is 15.2. The molecule has 0 aliphatic carbocycles. The highest BCUT2D eigenvalue weighted by molar-refractivity contribution is 9.10. The molecule has 0 saturated carbocycles. The molecule has 24 heavy (non-hydrogen) atoms. The van der Waals surface area contributed by atoms with Crippen molar-refractivity contribution in [2.75, 3.05) is 0 Å². The van der Waals surface area contributed by atoms with Crippen molar-refractivity contribution in [2.45, 2.75) is 13.0 Å². The zero-order valence-corrected chi connectivity index (χ0v) is 15.0. The molecule has 3 aromatic heterocycles. The first-order chi connectivity index (χ1) is 11.7. The third kappa shape index (κ3) is 2.90. The Morgan fingerprint density at radius 2 is 2.00 bits per heavy atom. The Hall–Kier alpha value is -2.32. The highest BCUT2D eigenvalue weighted by atomic mass is 79.9. The number of ether oxygens (including phenoxy) is 1. The molecule has 0 fully saturated rings.